The van der Waals surface area contributed by atoms with Gasteiger partial charge in [0.2, 0.25) is 5.91 Å². The second-order valence-electron chi connectivity index (χ2n) is 6.64. The van der Waals surface area contributed by atoms with Crippen LogP contribution in [-0.4, -0.2) is 46.8 Å². The number of carbonyl (C=O) groups excluding carboxylic acids is 2. The fourth-order valence-electron chi connectivity index (χ4n) is 3.03. The molecule has 0 spiro atoms. The molecule has 1 aromatic carbocycles. The Labute approximate surface area is 151 Å². The normalized spacial score (nSPS) is 16.8. The Morgan fingerprint density at radius 2 is 2.23 bits per heavy atom. The lowest BCUT2D eigenvalue weighted by molar-refractivity contribution is -0.126. The molecule has 1 unspecified atom stereocenters. The van der Waals surface area contributed by atoms with Gasteiger partial charge in [0.05, 0.1) is 6.20 Å². The van der Waals surface area contributed by atoms with E-state index in [4.69, 9.17) is 0 Å². The number of carbonyl (C=O) groups is 2. The molecule has 0 radical (unpaired) electrons. The Kier molecular flexibility index (Phi) is 5.20. The number of aryl methyl sites for hydroxylation is 1. The molecule has 8 heteroatoms. The number of urea groups is 1. The van der Waals surface area contributed by atoms with Crippen molar-refractivity contribution in [3.8, 4) is 5.69 Å². The molecule has 2 N–H and O–H groups in total. The van der Waals surface area contributed by atoms with E-state index in [0.717, 1.165) is 18.5 Å². The van der Waals surface area contributed by atoms with E-state index < -0.39 is 11.8 Å². The van der Waals surface area contributed by atoms with E-state index >= 15 is 0 Å². The van der Waals surface area contributed by atoms with Gasteiger partial charge in [-0.1, -0.05) is 0 Å². The predicted octanol–water partition coefficient (Wildman–Crippen LogP) is 2.31. The zero-order valence-electron chi connectivity index (χ0n) is 14.8. The predicted molar refractivity (Wildman–Crippen MR) is 95.6 cm³/mol. The number of anilines is 1. The smallest absolute Gasteiger partial charge is 0.319 e. The van der Waals surface area contributed by atoms with E-state index in [1.54, 1.807) is 36.5 Å². The highest BCUT2D eigenvalue weighted by Gasteiger charge is 2.26. The molecular formula is C18H22FN5O2. The minimum Gasteiger partial charge on any atom is -0.345 e. The molecule has 1 fully saturated rings. The van der Waals surface area contributed by atoms with Crippen molar-refractivity contribution >= 4 is 17.6 Å². The summed E-state index contributed by atoms with van der Waals surface area (Å²) in [5, 5.41) is 9.43. The van der Waals surface area contributed by atoms with Crippen LogP contribution in [0, 0.1) is 18.7 Å². The minimum absolute atomic E-state index is 0.141. The second kappa shape index (κ2) is 7.55. The van der Waals surface area contributed by atoms with E-state index in [1.165, 1.54) is 10.7 Å². The van der Waals surface area contributed by atoms with Gasteiger partial charge in [0.1, 0.15) is 5.69 Å². The number of aromatic nitrogens is 2. The summed E-state index contributed by atoms with van der Waals surface area (Å²) < 4.78 is 15.7. The summed E-state index contributed by atoms with van der Waals surface area (Å²) in [7, 11) is 1.78. The molecule has 1 aromatic heterocycles. The number of hydrogen-bond acceptors (Lipinski definition) is 3. The number of hydrogen-bond donors (Lipinski definition) is 2. The highest BCUT2D eigenvalue weighted by molar-refractivity contribution is 5.89. The first-order chi connectivity index (χ1) is 12.4. The van der Waals surface area contributed by atoms with E-state index in [-0.39, 0.29) is 11.8 Å². The molecule has 2 aromatic rings. The molecule has 26 heavy (non-hydrogen) atoms. The van der Waals surface area contributed by atoms with E-state index in [0.29, 0.717) is 24.3 Å². The average Bonchev–Trinajstić information content (AvgIpc) is 3.13. The Morgan fingerprint density at radius 1 is 1.42 bits per heavy atom. The third-order valence-electron chi connectivity index (χ3n) is 4.42. The first-order valence-corrected chi connectivity index (χ1v) is 8.52. The maximum absolute atomic E-state index is 14.3. The van der Waals surface area contributed by atoms with Crippen LogP contribution in [0.2, 0.25) is 0 Å². The summed E-state index contributed by atoms with van der Waals surface area (Å²) in [6.07, 6.45) is 4.63. The quantitative estimate of drug-likeness (QED) is 0.860. The van der Waals surface area contributed by atoms with Crippen molar-refractivity contribution in [1.29, 1.82) is 0 Å². The average molecular weight is 359 g/mol. The Hall–Kier alpha value is -2.90. The van der Waals surface area contributed by atoms with Crippen molar-refractivity contribution in [1.82, 2.24) is 20.0 Å². The number of nitrogens with one attached hydrogen (secondary N) is 2. The van der Waals surface area contributed by atoms with Crippen molar-refractivity contribution in [3.05, 3.63) is 42.0 Å². The monoisotopic (exact) mass is 359 g/mol. The van der Waals surface area contributed by atoms with Crippen LogP contribution in [0.1, 0.15) is 18.4 Å². The molecule has 2 heterocycles. The zero-order valence-corrected chi connectivity index (χ0v) is 14.8. The van der Waals surface area contributed by atoms with Gasteiger partial charge in [-0.25, -0.2) is 13.9 Å². The number of nitrogens with zero attached hydrogens (tertiary/aromatic N) is 3. The molecule has 1 aliphatic heterocycles. The summed E-state index contributed by atoms with van der Waals surface area (Å²) in [5.74, 6) is -0.0668. The molecule has 0 bridgehead atoms. The zero-order chi connectivity index (χ0) is 18.7. The van der Waals surface area contributed by atoms with Gasteiger partial charge in [0.15, 0.2) is 5.82 Å². The van der Waals surface area contributed by atoms with Crippen LogP contribution >= 0.6 is 0 Å². The van der Waals surface area contributed by atoms with E-state index in [1.807, 2.05) is 6.92 Å². The van der Waals surface area contributed by atoms with Gasteiger partial charge in [0, 0.05) is 38.4 Å². The first-order valence-electron chi connectivity index (χ1n) is 8.52. The third kappa shape index (κ3) is 4.19. The highest BCUT2D eigenvalue weighted by atomic mass is 19.1. The van der Waals surface area contributed by atoms with Gasteiger partial charge >= 0.3 is 6.03 Å². The van der Waals surface area contributed by atoms with Crippen LogP contribution in [0.4, 0.5) is 14.9 Å². The molecule has 7 nitrogen and oxygen atoms in total. The molecule has 0 saturated carbocycles. The number of rotatable bonds is 5. The lowest BCUT2D eigenvalue weighted by atomic mass is 10.1. The summed E-state index contributed by atoms with van der Waals surface area (Å²) in [6.45, 7) is 3.06. The molecule has 1 aliphatic rings. The van der Waals surface area contributed by atoms with Crippen LogP contribution in [0.5, 0.6) is 0 Å². The number of benzene rings is 1. The van der Waals surface area contributed by atoms with Gasteiger partial charge < -0.3 is 15.5 Å². The summed E-state index contributed by atoms with van der Waals surface area (Å²) in [6, 6.07) is 4.05. The maximum atomic E-state index is 14.3. The van der Waals surface area contributed by atoms with E-state index in [2.05, 4.69) is 15.7 Å². The van der Waals surface area contributed by atoms with Gasteiger partial charge in [-0.15, -0.1) is 0 Å². The van der Waals surface area contributed by atoms with Crippen molar-refractivity contribution in [2.24, 2.45) is 5.92 Å². The van der Waals surface area contributed by atoms with Crippen LogP contribution in [0.25, 0.3) is 5.69 Å². The topological polar surface area (TPSA) is 79.3 Å². The maximum Gasteiger partial charge on any atom is 0.319 e. The fraction of sp³-hybridized carbons (Fsp3) is 0.389. The van der Waals surface area contributed by atoms with Crippen LogP contribution in [-0.2, 0) is 4.79 Å². The number of likely N-dealkylation sites (tertiary alicyclic amines) is 1. The lowest BCUT2D eigenvalue weighted by Crippen LogP contribution is -2.30. The Balaban J connectivity index is 1.50. The standard InChI is InChI=1S/C18H22FN5O2/c1-12-9-21-24(10-12)16-4-3-14(8-15(16)19)22-18(26)20-6-5-13-7-17(25)23(2)11-13/h3-4,8-10,13H,5-7,11H2,1-2H3,(H2,20,22,26). The molecule has 138 valence electrons. The Morgan fingerprint density at radius 3 is 2.85 bits per heavy atom. The van der Waals surface area contributed by atoms with Crippen molar-refractivity contribution in [2.75, 3.05) is 25.5 Å². The van der Waals surface area contributed by atoms with Crippen LogP contribution < -0.4 is 10.6 Å². The van der Waals surface area contributed by atoms with Crippen LogP contribution in [0.3, 0.4) is 0 Å². The van der Waals surface area contributed by atoms with Crippen molar-refractivity contribution in [2.45, 2.75) is 19.8 Å². The molecule has 0 aliphatic carbocycles. The first kappa shape index (κ1) is 17.9. The number of amides is 3. The molecule has 1 saturated heterocycles. The van der Waals surface area contributed by atoms with Gasteiger partial charge in [-0.2, -0.15) is 5.10 Å². The molecular weight excluding hydrogens is 337 g/mol. The number of halogens is 1. The van der Waals surface area contributed by atoms with Gasteiger partial charge in [0.25, 0.3) is 0 Å². The SMILES string of the molecule is Cc1cnn(-c2ccc(NC(=O)NCCC3CC(=O)N(C)C3)cc2F)c1. The fourth-order valence-corrected chi connectivity index (χ4v) is 3.03. The molecule has 1 atom stereocenters. The van der Waals surface area contributed by atoms with Crippen molar-refractivity contribution < 1.29 is 14.0 Å². The minimum atomic E-state index is -0.474. The molecule has 3 amide bonds. The molecule has 3 rings (SSSR count). The van der Waals surface area contributed by atoms with E-state index in [9.17, 15) is 14.0 Å². The second-order valence-corrected chi connectivity index (χ2v) is 6.64. The van der Waals surface area contributed by atoms with Crippen LogP contribution in [0.15, 0.2) is 30.6 Å². The third-order valence-corrected chi connectivity index (χ3v) is 4.42. The summed E-state index contributed by atoms with van der Waals surface area (Å²) in [4.78, 5) is 25.1. The van der Waals surface area contributed by atoms with Crippen molar-refractivity contribution in [3.63, 3.8) is 0 Å². The lowest BCUT2D eigenvalue weighted by Gasteiger charge is -2.12. The largest absolute Gasteiger partial charge is 0.345 e. The summed E-state index contributed by atoms with van der Waals surface area (Å²) >= 11 is 0. The summed E-state index contributed by atoms with van der Waals surface area (Å²) in [5.41, 5.74) is 1.61. The highest BCUT2D eigenvalue weighted by Crippen LogP contribution is 2.19. The van der Waals surface area contributed by atoms with Gasteiger partial charge in [-0.3, -0.25) is 4.79 Å². The Bertz CT molecular complexity index is 820. The van der Waals surface area contributed by atoms with Gasteiger partial charge in [-0.05, 0) is 43.0 Å².